The van der Waals surface area contributed by atoms with E-state index in [1.165, 1.54) is 19.3 Å². The summed E-state index contributed by atoms with van der Waals surface area (Å²) in [5.74, 6) is -0.0448. The zero-order chi connectivity index (χ0) is 31.9. The fraction of sp³-hybridized carbons (Fsp3) is 0.545. The number of hydrogen-bond donors (Lipinski definition) is 3. The number of benzene rings is 2. The number of nitrogens with one attached hydrogen (secondary N) is 2. The lowest BCUT2D eigenvalue weighted by Crippen LogP contribution is -2.48. The van der Waals surface area contributed by atoms with Gasteiger partial charge in [0, 0.05) is 41.0 Å². The van der Waals surface area contributed by atoms with Crippen LogP contribution in [0.5, 0.6) is 0 Å². The molecule has 0 spiro atoms. The van der Waals surface area contributed by atoms with Crippen molar-refractivity contribution in [2.24, 2.45) is 5.92 Å². The van der Waals surface area contributed by atoms with Gasteiger partial charge in [0.25, 0.3) is 5.91 Å². The van der Waals surface area contributed by atoms with Crippen molar-refractivity contribution in [2.75, 3.05) is 18.1 Å². The fourth-order valence-electron chi connectivity index (χ4n) is 6.58. The van der Waals surface area contributed by atoms with Gasteiger partial charge in [0.05, 0.1) is 27.6 Å². The average Bonchev–Trinajstić information content (AvgIpc) is 3.27. The van der Waals surface area contributed by atoms with Gasteiger partial charge in [-0.15, -0.1) is 0 Å². The van der Waals surface area contributed by atoms with Crippen LogP contribution < -0.4 is 10.0 Å². The second-order valence-electron chi connectivity index (χ2n) is 13.7. The van der Waals surface area contributed by atoms with Crippen LogP contribution in [0.1, 0.15) is 81.8 Å². The zero-order valence-electron chi connectivity index (χ0n) is 26.1. The van der Waals surface area contributed by atoms with Gasteiger partial charge in [-0.2, -0.15) is 0 Å². The van der Waals surface area contributed by atoms with Crippen LogP contribution in [0.4, 0.5) is 0 Å². The summed E-state index contributed by atoms with van der Waals surface area (Å²) in [6.07, 6.45) is 6.00. The lowest BCUT2D eigenvalue weighted by atomic mass is 9.89. The Morgan fingerprint density at radius 2 is 1.66 bits per heavy atom. The van der Waals surface area contributed by atoms with Crippen LogP contribution in [0.25, 0.3) is 22.0 Å². The molecule has 0 unspecified atom stereocenters. The molecule has 3 aromatic rings. The fourth-order valence-corrected chi connectivity index (χ4v) is 9.80. The molecule has 240 valence electrons. The van der Waals surface area contributed by atoms with Crippen molar-refractivity contribution in [3.63, 3.8) is 0 Å². The van der Waals surface area contributed by atoms with Crippen LogP contribution in [0.15, 0.2) is 47.4 Å². The number of sulfonamides is 1. The summed E-state index contributed by atoms with van der Waals surface area (Å²) in [5, 5.41) is 15.2. The van der Waals surface area contributed by atoms with Crippen LogP contribution in [-0.2, 0) is 26.4 Å². The number of amides is 1. The first-order valence-corrected chi connectivity index (χ1v) is 18.9. The number of aromatic nitrogens is 1. The molecule has 1 saturated heterocycles. The first-order chi connectivity index (χ1) is 20.6. The van der Waals surface area contributed by atoms with Crippen LogP contribution in [-0.4, -0.2) is 61.6 Å². The number of rotatable bonds is 8. The van der Waals surface area contributed by atoms with Crippen LogP contribution in [0.2, 0.25) is 0 Å². The highest BCUT2D eigenvalue weighted by atomic mass is 32.2. The average molecular weight is 644 g/mol. The van der Waals surface area contributed by atoms with Crippen molar-refractivity contribution >= 4 is 36.5 Å². The molecular formula is C33H45N3O6S2. The molecule has 0 bridgehead atoms. The monoisotopic (exact) mass is 643 g/mol. The number of fused-ring (bicyclic) bond motifs is 1. The van der Waals surface area contributed by atoms with Gasteiger partial charge in [0.2, 0.25) is 10.0 Å². The molecule has 44 heavy (non-hydrogen) atoms. The highest BCUT2D eigenvalue weighted by Gasteiger charge is 2.36. The third-order valence-corrected chi connectivity index (χ3v) is 12.5. The summed E-state index contributed by atoms with van der Waals surface area (Å²) in [7, 11) is -6.96. The minimum Gasteiger partial charge on any atom is -0.388 e. The van der Waals surface area contributed by atoms with Crippen LogP contribution in [0, 0.1) is 12.8 Å². The van der Waals surface area contributed by atoms with Gasteiger partial charge in [0.1, 0.15) is 0 Å². The summed E-state index contributed by atoms with van der Waals surface area (Å²) in [4.78, 5) is 13.8. The highest BCUT2D eigenvalue weighted by Crippen LogP contribution is 2.37. The Bertz CT molecular complexity index is 1750. The number of carbonyl (C=O) groups is 1. The molecule has 9 nitrogen and oxygen atoms in total. The van der Waals surface area contributed by atoms with Gasteiger partial charge in [0.15, 0.2) is 9.84 Å². The Labute approximate surface area is 261 Å². The highest BCUT2D eigenvalue weighted by molar-refractivity contribution is 7.91. The molecule has 0 atom stereocenters. The molecule has 1 aromatic heterocycles. The maximum atomic E-state index is 13.6. The minimum absolute atomic E-state index is 0.0276. The van der Waals surface area contributed by atoms with E-state index >= 15 is 0 Å². The standard InChI is InChI=1S/C33H45N3O6S2/c1-23-28(31(37)34-22-33(38)16-18-43(39,40)19-17-33)20-29(36(23)21-24-10-6-5-7-11-24)26-14-15-30(27-13-9-8-12-25(26)27)44(41,42)35-32(2,3)4/h8-9,12-15,20,24,35,38H,5-7,10-11,16-19,21-22H2,1-4H3,(H,34,37). The summed E-state index contributed by atoms with van der Waals surface area (Å²) < 4.78 is 55.6. The van der Waals surface area contributed by atoms with Gasteiger partial charge >= 0.3 is 0 Å². The molecule has 11 heteroatoms. The molecule has 1 aliphatic heterocycles. The number of nitrogens with zero attached hydrogens (tertiary/aromatic N) is 1. The predicted molar refractivity (Wildman–Crippen MR) is 174 cm³/mol. The smallest absolute Gasteiger partial charge is 0.253 e. The summed E-state index contributed by atoms with van der Waals surface area (Å²) in [6.45, 7) is 8.07. The molecular weight excluding hydrogens is 599 g/mol. The Balaban J connectivity index is 1.54. The van der Waals surface area contributed by atoms with E-state index in [1.54, 1.807) is 6.07 Å². The van der Waals surface area contributed by atoms with Crippen LogP contribution in [0.3, 0.4) is 0 Å². The maximum absolute atomic E-state index is 13.6. The second-order valence-corrected chi connectivity index (χ2v) is 17.7. The van der Waals surface area contributed by atoms with E-state index in [0.29, 0.717) is 16.9 Å². The Kier molecular flexibility index (Phi) is 9.07. The van der Waals surface area contributed by atoms with E-state index < -0.39 is 31.0 Å². The van der Waals surface area contributed by atoms with Crippen molar-refractivity contribution in [3.05, 3.63) is 53.7 Å². The van der Waals surface area contributed by atoms with Crippen molar-refractivity contribution in [1.29, 1.82) is 0 Å². The van der Waals surface area contributed by atoms with Crippen LogP contribution >= 0.6 is 0 Å². The SMILES string of the molecule is Cc1c(C(=O)NCC2(O)CCS(=O)(=O)CC2)cc(-c2ccc(S(=O)(=O)NC(C)(C)C)c3ccccc23)n1CC1CCCCC1. The van der Waals surface area contributed by atoms with Crippen molar-refractivity contribution in [3.8, 4) is 11.3 Å². The molecule has 3 N–H and O–H groups in total. The van der Waals surface area contributed by atoms with Gasteiger partial charge in [-0.1, -0.05) is 49.6 Å². The number of hydrogen-bond acceptors (Lipinski definition) is 6. The Hall–Kier alpha value is -2.73. The molecule has 2 aromatic carbocycles. The topological polar surface area (TPSA) is 135 Å². The molecule has 1 amide bonds. The zero-order valence-corrected chi connectivity index (χ0v) is 27.8. The molecule has 2 heterocycles. The molecule has 5 rings (SSSR count). The van der Waals surface area contributed by atoms with E-state index in [4.69, 9.17) is 0 Å². The largest absolute Gasteiger partial charge is 0.388 e. The lowest BCUT2D eigenvalue weighted by Gasteiger charge is -2.31. The number of sulfone groups is 1. The van der Waals surface area contributed by atoms with Gasteiger partial charge in [-0.05, 0) is 76.8 Å². The van der Waals surface area contributed by atoms with E-state index in [0.717, 1.165) is 41.7 Å². The molecule has 2 fully saturated rings. The maximum Gasteiger partial charge on any atom is 0.253 e. The van der Waals surface area contributed by atoms with Crippen molar-refractivity contribution < 1.29 is 26.7 Å². The molecule has 0 radical (unpaired) electrons. The normalized spacial score (nSPS) is 19.2. The number of carbonyl (C=O) groups excluding carboxylic acids is 1. The Morgan fingerprint density at radius 1 is 1.02 bits per heavy atom. The van der Waals surface area contributed by atoms with E-state index in [2.05, 4.69) is 14.6 Å². The second kappa shape index (κ2) is 12.2. The van der Waals surface area contributed by atoms with Crippen molar-refractivity contribution in [1.82, 2.24) is 14.6 Å². The molecule has 1 saturated carbocycles. The first-order valence-electron chi connectivity index (χ1n) is 15.5. The quantitative estimate of drug-likeness (QED) is 0.318. The van der Waals surface area contributed by atoms with E-state index in [-0.39, 0.29) is 41.7 Å². The summed E-state index contributed by atoms with van der Waals surface area (Å²) >= 11 is 0. The summed E-state index contributed by atoms with van der Waals surface area (Å²) in [6, 6.07) is 12.8. The lowest BCUT2D eigenvalue weighted by molar-refractivity contribution is 0.0296. The molecule has 1 aliphatic carbocycles. The van der Waals surface area contributed by atoms with Gasteiger partial charge in [-0.25, -0.2) is 21.6 Å². The first kappa shape index (κ1) is 32.7. The van der Waals surface area contributed by atoms with Crippen molar-refractivity contribution in [2.45, 2.75) is 95.2 Å². The van der Waals surface area contributed by atoms with Gasteiger partial charge in [-0.3, -0.25) is 4.79 Å². The Morgan fingerprint density at radius 3 is 2.30 bits per heavy atom. The predicted octanol–water partition coefficient (Wildman–Crippen LogP) is 4.94. The van der Waals surface area contributed by atoms with E-state index in [1.807, 2.05) is 64.1 Å². The third-order valence-electron chi connectivity index (χ3n) is 9.00. The number of aliphatic hydroxyl groups is 1. The van der Waals surface area contributed by atoms with E-state index in [9.17, 15) is 26.7 Å². The third kappa shape index (κ3) is 7.22. The van der Waals surface area contributed by atoms with Gasteiger partial charge < -0.3 is 15.0 Å². The summed E-state index contributed by atoms with van der Waals surface area (Å²) in [5.41, 5.74) is 1.05. The minimum atomic E-state index is -3.81. The molecule has 2 aliphatic rings.